The van der Waals surface area contributed by atoms with E-state index in [0.717, 1.165) is 37.5 Å². The molecule has 1 fully saturated rings. The van der Waals surface area contributed by atoms with Gasteiger partial charge in [-0.05, 0) is 32.3 Å². The third-order valence-electron chi connectivity index (χ3n) is 4.17. The first-order valence-corrected chi connectivity index (χ1v) is 9.99. The van der Waals surface area contributed by atoms with Crippen LogP contribution in [0.25, 0.3) is 0 Å². The lowest BCUT2D eigenvalue weighted by atomic mass is 10.1. The van der Waals surface area contributed by atoms with E-state index in [0.29, 0.717) is 13.1 Å². The molecular formula is C15H29IN6O2S. The summed E-state index contributed by atoms with van der Waals surface area (Å²) in [5, 5.41) is 10.9. The van der Waals surface area contributed by atoms with Crippen molar-refractivity contribution < 1.29 is 8.42 Å². The average Bonchev–Trinajstić information content (AvgIpc) is 2.99. The van der Waals surface area contributed by atoms with Crippen LogP contribution in [0.1, 0.15) is 25.3 Å². The maximum atomic E-state index is 11.9. The van der Waals surface area contributed by atoms with Crippen molar-refractivity contribution in [3.63, 3.8) is 0 Å². The Morgan fingerprint density at radius 1 is 1.40 bits per heavy atom. The molecule has 1 aliphatic heterocycles. The van der Waals surface area contributed by atoms with E-state index in [4.69, 9.17) is 0 Å². The standard InChI is InChI=1S/C15H28N6O2S.HI/c1-4-24(22,23)21-8-5-14(6-9-21)19-15(16-3)17-7-10-20-12-13(2)11-18-20;/h11-12,14H,4-10H2,1-3H3,(H2,16,17,19);1H. The summed E-state index contributed by atoms with van der Waals surface area (Å²) in [5.41, 5.74) is 1.14. The fourth-order valence-corrected chi connectivity index (χ4v) is 3.86. The van der Waals surface area contributed by atoms with Crippen molar-refractivity contribution in [3.8, 4) is 0 Å². The van der Waals surface area contributed by atoms with Crippen LogP contribution < -0.4 is 10.6 Å². The molecule has 8 nitrogen and oxygen atoms in total. The SMILES string of the molecule is CCS(=O)(=O)N1CCC(NC(=NC)NCCn2cc(C)cn2)CC1.I. The van der Waals surface area contributed by atoms with Crippen LogP contribution in [0.4, 0.5) is 0 Å². The molecule has 2 heterocycles. The molecular weight excluding hydrogens is 455 g/mol. The van der Waals surface area contributed by atoms with Crippen LogP contribution in [0, 0.1) is 6.92 Å². The van der Waals surface area contributed by atoms with Crippen LogP contribution in [0.3, 0.4) is 0 Å². The Hall–Kier alpha value is -0.880. The number of nitrogens with one attached hydrogen (secondary N) is 2. The molecule has 0 radical (unpaired) electrons. The predicted molar refractivity (Wildman–Crippen MR) is 111 cm³/mol. The summed E-state index contributed by atoms with van der Waals surface area (Å²) in [6.45, 7) is 6.33. The van der Waals surface area contributed by atoms with Crippen molar-refractivity contribution in [1.29, 1.82) is 0 Å². The zero-order chi connectivity index (χ0) is 17.6. The molecule has 0 amide bonds. The summed E-state index contributed by atoms with van der Waals surface area (Å²) in [4.78, 5) is 4.24. The number of guanidine groups is 1. The number of sulfonamides is 1. The van der Waals surface area contributed by atoms with Gasteiger partial charge in [-0.2, -0.15) is 5.10 Å². The van der Waals surface area contributed by atoms with Crippen molar-refractivity contribution in [2.75, 3.05) is 32.4 Å². The van der Waals surface area contributed by atoms with Crippen LogP contribution in [-0.2, 0) is 16.6 Å². The van der Waals surface area contributed by atoms with Crippen molar-refractivity contribution in [2.45, 2.75) is 39.3 Å². The Kier molecular flexibility index (Phi) is 9.14. The molecule has 0 unspecified atom stereocenters. The first-order valence-electron chi connectivity index (χ1n) is 8.38. The topological polar surface area (TPSA) is 91.6 Å². The van der Waals surface area contributed by atoms with E-state index in [9.17, 15) is 8.42 Å². The van der Waals surface area contributed by atoms with E-state index in [1.807, 2.05) is 24.0 Å². The maximum Gasteiger partial charge on any atom is 0.213 e. The number of rotatable bonds is 6. The molecule has 1 aromatic heterocycles. The highest BCUT2D eigenvalue weighted by atomic mass is 127. The van der Waals surface area contributed by atoms with Gasteiger partial charge in [0.2, 0.25) is 10.0 Å². The smallest absolute Gasteiger partial charge is 0.213 e. The van der Waals surface area contributed by atoms with E-state index in [1.54, 1.807) is 18.3 Å². The zero-order valence-electron chi connectivity index (χ0n) is 15.1. The Labute approximate surface area is 167 Å². The lowest BCUT2D eigenvalue weighted by molar-refractivity contribution is 0.306. The molecule has 25 heavy (non-hydrogen) atoms. The molecule has 1 aliphatic rings. The second-order valence-electron chi connectivity index (χ2n) is 6.00. The quantitative estimate of drug-likeness (QED) is 0.354. The minimum Gasteiger partial charge on any atom is -0.355 e. The minimum atomic E-state index is -3.07. The molecule has 1 aromatic rings. The summed E-state index contributed by atoms with van der Waals surface area (Å²) >= 11 is 0. The highest BCUT2D eigenvalue weighted by Gasteiger charge is 2.26. The number of aliphatic imine (C=N–C) groups is 1. The Morgan fingerprint density at radius 3 is 2.60 bits per heavy atom. The molecule has 2 rings (SSSR count). The van der Waals surface area contributed by atoms with Gasteiger partial charge in [0.15, 0.2) is 5.96 Å². The second-order valence-corrected chi connectivity index (χ2v) is 8.26. The molecule has 0 spiro atoms. The Balaban J connectivity index is 0.00000312. The van der Waals surface area contributed by atoms with Gasteiger partial charge in [-0.3, -0.25) is 9.67 Å². The van der Waals surface area contributed by atoms with Crippen LogP contribution in [0.2, 0.25) is 0 Å². The van der Waals surface area contributed by atoms with Crippen LogP contribution in [0.5, 0.6) is 0 Å². The number of halogens is 1. The van der Waals surface area contributed by atoms with Gasteiger partial charge in [0.05, 0.1) is 18.5 Å². The molecule has 0 aliphatic carbocycles. The van der Waals surface area contributed by atoms with Gasteiger partial charge in [-0.15, -0.1) is 24.0 Å². The lowest BCUT2D eigenvalue weighted by Gasteiger charge is -2.32. The highest BCUT2D eigenvalue weighted by molar-refractivity contribution is 14.0. The van der Waals surface area contributed by atoms with Gasteiger partial charge < -0.3 is 10.6 Å². The molecule has 0 atom stereocenters. The van der Waals surface area contributed by atoms with Crippen molar-refractivity contribution >= 4 is 40.0 Å². The molecule has 0 bridgehead atoms. The molecule has 0 aromatic carbocycles. The molecule has 10 heteroatoms. The first-order chi connectivity index (χ1) is 11.4. The van der Waals surface area contributed by atoms with Gasteiger partial charge in [0.1, 0.15) is 0 Å². The predicted octanol–water partition coefficient (Wildman–Crippen LogP) is 0.789. The Bertz CT molecular complexity index is 653. The van der Waals surface area contributed by atoms with Gasteiger partial charge in [0, 0.05) is 38.9 Å². The largest absolute Gasteiger partial charge is 0.355 e. The molecule has 1 saturated heterocycles. The first kappa shape index (κ1) is 22.2. The number of nitrogens with zero attached hydrogens (tertiary/aromatic N) is 4. The van der Waals surface area contributed by atoms with Crippen molar-refractivity contribution in [3.05, 3.63) is 18.0 Å². The average molecular weight is 484 g/mol. The van der Waals surface area contributed by atoms with Crippen LogP contribution in [0.15, 0.2) is 17.4 Å². The minimum absolute atomic E-state index is 0. The summed E-state index contributed by atoms with van der Waals surface area (Å²) in [6, 6.07) is 0.242. The normalized spacial score (nSPS) is 17.2. The fourth-order valence-electron chi connectivity index (χ4n) is 2.73. The number of aryl methyl sites for hydroxylation is 1. The summed E-state index contributed by atoms with van der Waals surface area (Å²) < 4.78 is 27.2. The number of hydrogen-bond acceptors (Lipinski definition) is 4. The van der Waals surface area contributed by atoms with E-state index < -0.39 is 10.0 Å². The van der Waals surface area contributed by atoms with Gasteiger partial charge in [-0.1, -0.05) is 0 Å². The molecule has 2 N–H and O–H groups in total. The third-order valence-corrected chi connectivity index (χ3v) is 6.05. The van der Waals surface area contributed by atoms with Crippen LogP contribution >= 0.6 is 24.0 Å². The number of hydrogen-bond donors (Lipinski definition) is 2. The summed E-state index contributed by atoms with van der Waals surface area (Å²) in [5.74, 6) is 0.914. The van der Waals surface area contributed by atoms with Crippen molar-refractivity contribution in [2.24, 2.45) is 4.99 Å². The molecule has 144 valence electrons. The van der Waals surface area contributed by atoms with E-state index in [2.05, 4.69) is 20.7 Å². The number of piperidine rings is 1. The maximum absolute atomic E-state index is 11.9. The molecule has 0 saturated carbocycles. The summed E-state index contributed by atoms with van der Waals surface area (Å²) in [6.07, 6.45) is 5.42. The number of aromatic nitrogens is 2. The monoisotopic (exact) mass is 484 g/mol. The highest BCUT2D eigenvalue weighted by Crippen LogP contribution is 2.14. The summed E-state index contributed by atoms with van der Waals surface area (Å²) in [7, 11) is -1.33. The van der Waals surface area contributed by atoms with Gasteiger partial charge in [0.25, 0.3) is 0 Å². The van der Waals surface area contributed by atoms with E-state index >= 15 is 0 Å². The van der Waals surface area contributed by atoms with E-state index in [-0.39, 0.29) is 35.8 Å². The fraction of sp³-hybridized carbons (Fsp3) is 0.733. The van der Waals surface area contributed by atoms with Gasteiger partial charge >= 0.3 is 0 Å². The lowest BCUT2D eigenvalue weighted by Crippen LogP contribution is -2.50. The second kappa shape index (κ2) is 10.3. The third kappa shape index (κ3) is 6.74. The van der Waals surface area contributed by atoms with Crippen LogP contribution in [-0.4, -0.2) is 66.9 Å². The van der Waals surface area contributed by atoms with Crippen molar-refractivity contribution in [1.82, 2.24) is 24.7 Å². The Morgan fingerprint density at radius 2 is 2.08 bits per heavy atom. The van der Waals surface area contributed by atoms with E-state index in [1.165, 1.54) is 0 Å². The van der Waals surface area contributed by atoms with Gasteiger partial charge in [-0.25, -0.2) is 12.7 Å². The zero-order valence-corrected chi connectivity index (χ0v) is 18.3.